The zero-order chi connectivity index (χ0) is 13.4. The number of oxime groups is 1. The number of carbonyl (C=O) groups is 2. The molecule has 0 fully saturated rings. The Morgan fingerprint density at radius 3 is 3.11 bits per heavy atom. The number of rotatable bonds is 8. The van der Waals surface area contributed by atoms with Gasteiger partial charge in [-0.3, -0.25) is 4.79 Å². The van der Waals surface area contributed by atoms with Crippen molar-refractivity contribution in [1.82, 2.24) is 9.36 Å². The van der Waals surface area contributed by atoms with Crippen LogP contribution in [0.2, 0.25) is 0 Å². The minimum atomic E-state index is -1.30. The lowest BCUT2D eigenvalue weighted by Crippen LogP contribution is -2.17. The van der Waals surface area contributed by atoms with Crippen molar-refractivity contribution in [2.45, 2.75) is 0 Å². The molecule has 0 aliphatic heterocycles. The number of aliphatic carboxylic acids is 1. The number of carboxylic acids is 1. The fourth-order valence-corrected chi connectivity index (χ4v) is 1.60. The number of carboxylic acid groups (broad SMARTS) is 1. The Hall–Kier alpha value is -1.68. The quantitative estimate of drug-likeness (QED) is 0.306. The number of nitrogens with one attached hydrogen (secondary N) is 1. The Morgan fingerprint density at radius 2 is 2.50 bits per heavy atom. The van der Waals surface area contributed by atoms with Gasteiger partial charge >= 0.3 is 5.97 Å². The third-order valence-corrected chi connectivity index (χ3v) is 2.78. The average molecular weight is 290 g/mol. The lowest BCUT2D eigenvalue weighted by molar-refractivity contribution is -0.129. The molecule has 0 radical (unpaired) electrons. The first-order valence-corrected chi connectivity index (χ1v) is 6.82. The van der Waals surface area contributed by atoms with E-state index in [4.69, 9.17) is 9.94 Å². The van der Waals surface area contributed by atoms with Crippen LogP contribution in [-0.4, -0.2) is 51.2 Å². The first kappa shape index (κ1) is 14.4. The van der Waals surface area contributed by atoms with Crippen LogP contribution < -0.4 is 5.32 Å². The van der Waals surface area contributed by atoms with Gasteiger partial charge in [0.2, 0.25) is 23.1 Å². The largest absolute Gasteiger partial charge is 0.476 e. The SMILES string of the molecule is CSCCO/N=C(/C(=O)O)c1nsc(NC=O)n1. The summed E-state index contributed by atoms with van der Waals surface area (Å²) in [6, 6.07) is 0. The number of aromatic nitrogens is 2. The molecular weight excluding hydrogens is 280 g/mol. The topological polar surface area (TPSA) is 114 Å². The second kappa shape index (κ2) is 7.61. The highest BCUT2D eigenvalue weighted by Crippen LogP contribution is 2.11. The fourth-order valence-electron chi connectivity index (χ4n) is 0.835. The Balaban J connectivity index is 2.76. The molecule has 1 aromatic heterocycles. The second-order valence-corrected chi connectivity index (χ2v) is 4.49. The molecule has 18 heavy (non-hydrogen) atoms. The summed E-state index contributed by atoms with van der Waals surface area (Å²) in [5, 5.41) is 14.9. The molecular formula is C8H10N4O4S2. The zero-order valence-corrected chi connectivity index (χ0v) is 11.0. The Labute approximate surface area is 111 Å². The summed E-state index contributed by atoms with van der Waals surface area (Å²) in [4.78, 5) is 29.8. The van der Waals surface area contributed by atoms with Crippen molar-refractivity contribution in [1.29, 1.82) is 0 Å². The number of anilines is 1. The number of hydrogen-bond acceptors (Lipinski definition) is 8. The van der Waals surface area contributed by atoms with E-state index in [9.17, 15) is 9.59 Å². The lowest BCUT2D eigenvalue weighted by atomic mass is 10.4. The summed E-state index contributed by atoms with van der Waals surface area (Å²) < 4.78 is 3.77. The second-order valence-electron chi connectivity index (χ2n) is 2.76. The van der Waals surface area contributed by atoms with Gasteiger partial charge in [-0.1, -0.05) is 5.16 Å². The molecule has 0 spiro atoms. The van der Waals surface area contributed by atoms with Crippen molar-refractivity contribution in [3.05, 3.63) is 5.82 Å². The molecule has 0 saturated heterocycles. The normalized spacial score (nSPS) is 11.1. The summed E-state index contributed by atoms with van der Waals surface area (Å²) in [7, 11) is 0. The highest BCUT2D eigenvalue weighted by Gasteiger charge is 2.19. The van der Waals surface area contributed by atoms with E-state index in [2.05, 4.69) is 19.8 Å². The minimum absolute atomic E-state index is 0.0963. The Morgan fingerprint density at radius 1 is 1.72 bits per heavy atom. The van der Waals surface area contributed by atoms with Crippen molar-refractivity contribution in [2.24, 2.45) is 5.16 Å². The molecule has 98 valence electrons. The molecule has 0 atom stereocenters. The van der Waals surface area contributed by atoms with Crippen LogP contribution in [0.5, 0.6) is 0 Å². The van der Waals surface area contributed by atoms with E-state index in [0.29, 0.717) is 18.8 Å². The van der Waals surface area contributed by atoms with Gasteiger partial charge in [0.25, 0.3) is 0 Å². The van der Waals surface area contributed by atoms with Crippen molar-refractivity contribution >= 4 is 46.5 Å². The molecule has 0 saturated carbocycles. The summed E-state index contributed by atoms with van der Waals surface area (Å²) in [6.07, 6.45) is 2.32. The van der Waals surface area contributed by atoms with E-state index in [-0.39, 0.29) is 11.0 Å². The third-order valence-electron chi connectivity index (χ3n) is 1.56. The van der Waals surface area contributed by atoms with E-state index >= 15 is 0 Å². The zero-order valence-electron chi connectivity index (χ0n) is 9.32. The van der Waals surface area contributed by atoms with Crippen molar-refractivity contribution in [3.63, 3.8) is 0 Å². The van der Waals surface area contributed by atoms with E-state index < -0.39 is 11.7 Å². The van der Waals surface area contributed by atoms with Gasteiger partial charge < -0.3 is 15.3 Å². The maximum absolute atomic E-state index is 10.9. The molecule has 1 aromatic rings. The van der Waals surface area contributed by atoms with Gasteiger partial charge in [-0.25, -0.2) is 4.79 Å². The van der Waals surface area contributed by atoms with Crippen LogP contribution in [0.4, 0.5) is 5.13 Å². The van der Waals surface area contributed by atoms with Crippen LogP contribution in [0.3, 0.4) is 0 Å². The van der Waals surface area contributed by atoms with E-state index in [1.54, 1.807) is 11.8 Å². The van der Waals surface area contributed by atoms with Gasteiger partial charge in [0.1, 0.15) is 6.61 Å². The summed E-state index contributed by atoms with van der Waals surface area (Å²) >= 11 is 2.40. The van der Waals surface area contributed by atoms with Crippen LogP contribution in [0.25, 0.3) is 0 Å². The summed E-state index contributed by atoms with van der Waals surface area (Å²) in [5.41, 5.74) is -0.397. The van der Waals surface area contributed by atoms with Crippen LogP contribution in [0.15, 0.2) is 5.16 Å². The molecule has 10 heteroatoms. The molecule has 0 aromatic carbocycles. The highest BCUT2D eigenvalue weighted by atomic mass is 32.2. The van der Waals surface area contributed by atoms with Crippen molar-refractivity contribution < 1.29 is 19.5 Å². The third kappa shape index (κ3) is 4.30. The van der Waals surface area contributed by atoms with E-state index in [1.807, 2.05) is 6.26 Å². The van der Waals surface area contributed by atoms with Crippen LogP contribution >= 0.6 is 23.3 Å². The van der Waals surface area contributed by atoms with E-state index in [1.165, 1.54) is 0 Å². The predicted octanol–water partition coefficient (Wildman–Crippen LogP) is 0.275. The summed E-state index contributed by atoms with van der Waals surface area (Å²) in [6.45, 7) is 0.293. The molecule has 0 bridgehead atoms. The highest BCUT2D eigenvalue weighted by molar-refractivity contribution is 7.98. The monoisotopic (exact) mass is 290 g/mol. The Kier molecular flexibility index (Phi) is 6.08. The van der Waals surface area contributed by atoms with Gasteiger partial charge in [0.15, 0.2) is 0 Å². The molecule has 8 nitrogen and oxygen atoms in total. The fraction of sp³-hybridized carbons (Fsp3) is 0.375. The number of carbonyl (C=O) groups excluding carboxylic acids is 1. The number of nitrogens with zero attached hydrogens (tertiary/aromatic N) is 3. The molecule has 0 unspecified atom stereocenters. The molecule has 2 N–H and O–H groups in total. The molecule has 1 heterocycles. The number of hydrogen-bond donors (Lipinski definition) is 2. The first-order valence-electron chi connectivity index (χ1n) is 4.65. The predicted molar refractivity (Wildman–Crippen MR) is 68.1 cm³/mol. The molecule has 0 aliphatic rings. The van der Waals surface area contributed by atoms with Crippen LogP contribution in [0.1, 0.15) is 5.82 Å². The average Bonchev–Trinajstić information content (AvgIpc) is 2.77. The standard InChI is InChI=1S/C8H10N4O4S2/c1-17-3-2-16-11-5(7(14)15)6-10-8(9-4-13)18-12-6/h4H,2-3H2,1H3,(H,14,15)(H,9,10,12,13)/b11-5+. The number of thioether (sulfide) groups is 1. The van der Waals surface area contributed by atoms with Gasteiger partial charge in [-0.15, -0.1) is 0 Å². The molecule has 1 amide bonds. The van der Waals surface area contributed by atoms with Gasteiger partial charge in [-0.2, -0.15) is 21.1 Å². The maximum atomic E-state index is 10.9. The molecule has 1 rings (SSSR count). The Bertz CT molecular complexity index is 448. The number of amides is 1. The lowest BCUT2D eigenvalue weighted by Gasteiger charge is -1.98. The first-order chi connectivity index (χ1) is 8.69. The summed E-state index contributed by atoms with van der Waals surface area (Å²) in [5.74, 6) is -0.700. The van der Waals surface area contributed by atoms with E-state index in [0.717, 1.165) is 11.5 Å². The molecule has 0 aliphatic carbocycles. The van der Waals surface area contributed by atoms with Crippen LogP contribution in [-0.2, 0) is 14.4 Å². The van der Waals surface area contributed by atoms with Crippen molar-refractivity contribution in [3.8, 4) is 0 Å². The maximum Gasteiger partial charge on any atom is 0.362 e. The van der Waals surface area contributed by atoms with Crippen molar-refractivity contribution in [2.75, 3.05) is 23.9 Å². The van der Waals surface area contributed by atoms with Gasteiger partial charge in [0.05, 0.1) is 0 Å². The minimum Gasteiger partial charge on any atom is -0.476 e. The van der Waals surface area contributed by atoms with Crippen LogP contribution in [0, 0.1) is 0 Å². The van der Waals surface area contributed by atoms with Gasteiger partial charge in [-0.05, 0) is 6.26 Å². The smallest absolute Gasteiger partial charge is 0.362 e. The van der Waals surface area contributed by atoms with Gasteiger partial charge in [0, 0.05) is 17.3 Å².